The van der Waals surface area contributed by atoms with Crippen LogP contribution >= 0.6 is 0 Å². The standard InChI is InChI=1S/C19H23F2N3O3S/c1-24-8-7-18(23-24)22-19(25)15(9-12-10-16(20)17(21)11-12)13-3-5-14(6-4-13)28(2,26)27/h3-8,12,15-17H,9-11H2,1-2H3,(H,22,23,25)/t12-,15?,16+,17-. The van der Waals surface area contributed by atoms with Crippen molar-refractivity contribution in [3.8, 4) is 0 Å². The van der Waals surface area contributed by atoms with E-state index in [1.807, 2.05) is 0 Å². The van der Waals surface area contributed by atoms with E-state index >= 15 is 0 Å². The van der Waals surface area contributed by atoms with Gasteiger partial charge in [-0.25, -0.2) is 17.2 Å². The van der Waals surface area contributed by atoms with E-state index in [4.69, 9.17) is 0 Å². The second-order valence-corrected chi connectivity index (χ2v) is 9.38. The molecule has 1 fully saturated rings. The summed E-state index contributed by atoms with van der Waals surface area (Å²) in [6.07, 6.45) is 0.219. The molecule has 9 heteroatoms. The van der Waals surface area contributed by atoms with Crippen molar-refractivity contribution < 1.29 is 22.0 Å². The first-order chi connectivity index (χ1) is 13.1. The Morgan fingerprint density at radius 3 is 2.32 bits per heavy atom. The lowest BCUT2D eigenvalue weighted by atomic mass is 9.87. The third kappa shape index (κ3) is 4.76. The van der Waals surface area contributed by atoms with Crippen LogP contribution in [0.15, 0.2) is 41.4 Å². The van der Waals surface area contributed by atoms with Crippen LogP contribution in [0.5, 0.6) is 0 Å². The van der Waals surface area contributed by atoms with E-state index in [0.717, 1.165) is 6.26 Å². The zero-order chi connectivity index (χ0) is 20.5. The summed E-state index contributed by atoms with van der Waals surface area (Å²) in [6.45, 7) is 0. The van der Waals surface area contributed by atoms with E-state index in [9.17, 15) is 22.0 Å². The Kier molecular flexibility index (Phi) is 5.83. The Labute approximate surface area is 162 Å². The largest absolute Gasteiger partial charge is 0.309 e. The normalized spacial score (nSPS) is 23.5. The van der Waals surface area contributed by atoms with Crippen molar-refractivity contribution in [2.75, 3.05) is 11.6 Å². The van der Waals surface area contributed by atoms with Crippen molar-refractivity contribution in [1.29, 1.82) is 0 Å². The molecule has 0 radical (unpaired) electrons. The Hall–Kier alpha value is -2.29. The molecule has 0 saturated heterocycles. The van der Waals surface area contributed by atoms with Crippen LogP contribution < -0.4 is 5.32 Å². The molecule has 2 aromatic rings. The topological polar surface area (TPSA) is 81.1 Å². The molecular formula is C19H23F2N3O3S. The average molecular weight is 411 g/mol. The highest BCUT2D eigenvalue weighted by atomic mass is 32.2. The van der Waals surface area contributed by atoms with Gasteiger partial charge < -0.3 is 5.32 Å². The molecule has 1 amide bonds. The number of aromatic nitrogens is 2. The number of rotatable bonds is 6. The maximum absolute atomic E-state index is 13.6. The molecule has 152 valence electrons. The van der Waals surface area contributed by atoms with Crippen molar-refractivity contribution in [2.45, 2.75) is 42.4 Å². The van der Waals surface area contributed by atoms with Crippen LogP contribution in [0, 0.1) is 5.92 Å². The van der Waals surface area contributed by atoms with E-state index in [0.29, 0.717) is 11.4 Å². The fourth-order valence-electron chi connectivity index (χ4n) is 3.59. The fraction of sp³-hybridized carbons (Fsp3) is 0.474. The number of hydrogen-bond acceptors (Lipinski definition) is 4. The minimum Gasteiger partial charge on any atom is -0.309 e. The zero-order valence-electron chi connectivity index (χ0n) is 15.7. The van der Waals surface area contributed by atoms with E-state index < -0.39 is 28.1 Å². The summed E-state index contributed by atoms with van der Waals surface area (Å²) in [5, 5.41) is 6.84. The Morgan fingerprint density at radius 2 is 1.82 bits per heavy atom. The van der Waals surface area contributed by atoms with E-state index in [1.54, 1.807) is 36.1 Å². The summed E-state index contributed by atoms with van der Waals surface area (Å²) in [6, 6.07) is 7.68. The number of hydrogen-bond donors (Lipinski definition) is 1. The first-order valence-electron chi connectivity index (χ1n) is 9.02. The number of benzene rings is 1. The van der Waals surface area contributed by atoms with E-state index in [2.05, 4.69) is 10.4 Å². The Bertz CT molecular complexity index is 934. The van der Waals surface area contributed by atoms with Crippen LogP contribution in [-0.2, 0) is 21.7 Å². The van der Waals surface area contributed by atoms with Gasteiger partial charge in [0.05, 0.1) is 10.8 Å². The zero-order valence-corrected chi connectivity index (χ0v) is 16.5. The summed E-state index contributed by atoms with van der Waals surface area (Å²) in [5.74, 6) is -0.899. The summed E-state index contributed by atoms with van der Waals surface area (Å²) in [5.41, 5.74) is 0.596. The van der Waals surface area contributed by atoms with Crippen molar-refractivity contribution in [1.82, 2.24) is 9.78 Å². The van der Waals surface area contributed by atoms with Crippen LogP contribution in [-0.4, -0.2) is 42.7 Å². The van der Waals surface area contributed by atoms with Gasteiger partial charge in [-0.2, -0.15) is 5.10 Å². The Balaban J connectivity index is 1.84. The van der Waals surface area contributed by atoms with Crippen molar-refractivity contribution in [3.63, 3.8) is 0 Å². The maximum atomic E-state index is 13.6. The number of nitrogens with zero attached hydrogens (tertiary/aromatic N) is 2. The van der Waals surface area contributed by atoms with Gasteiger partial charge in [-0.15, -0.1) is 0 Å². The average Bonchev–Trinajstić information content (AvgIpc) is 3.17. The molecule has 1 aromatic carbocycles. The SMILES string of the molecule is Cn1ccc(NC(=O)C(C[C@H]2C[C@@H](F)[C@@H](F)C2)c2ccc(S(C)(=O)=O)cc2)n1. The van der Waals surface area contributed by atoms with Crippen LogP contribution in [0.2, 0.25) is 0 Å². The van der Waals surface area contributed by atoms with Crippen LogP contribution in [0.4, 0.5) is 14.6 Å². The highest BCUT2D eigenvalue weighted by Gasteiger charge is 2.37. The molecule has 1 aromatic heterocycles. The molecule has 1 aliphatic carbocycles. The number of carbonyl (C=O) groups is 1. The second-order valence-electron chi connectivity index (χ2n) is 7.36. The number of alkyl halides is 2. The first-order valence-corrected chi connectivity index (χ1v) is 10.9. The van der Waals surface area contributed by atoms with Gasteiger partial charge in [0.1, 0.15) is 12.3 Å². The molecule has 0 aliphatic heterocycles. The number of anilines is 1. The number of halogens is 2. The van der Waals surface area contributed by atoms with Gasteiger partial charge in [0, 0.05) is 25.6 Å². The van der Waals surface area contributed by atoms with Gasteiger partial charge in [0.2, 0.25) is 5.91 Å². The van der Waals surface area contributed by atoms with Crippen LogP contribution in [0.25, 0.3) is 0 Å². The lowest BCUT2D eigenvalue weighted by Crippen LogP contribution is -2.23. The van der Waals surface area contributed by atoms with Crippen LogP contribution in [0.3, 0.4) is 0 Å². The number of amides is 1. The summed E-state index contributed by atoms with van der Waals surface area (Å²) >= 11 is 0. The number of nitrogens with one attached hydrogen (secondary N) is 1. The predicted octanol–water partition coefficient (Wildman–Crippen LogP) is 3.02. The number of carbonyl (C=O) groups excluding carboxylic acids is 1. The monoisotopic (exact) mass is 411 g/mol. The summed E-state index contributed by atoms with van der Waals surface area (Å²) in [4.78, 5) is 13.0. The minimum absolute atomic E-state index is 0.0793. The molecule has 6 nitrogen and oxygen atoms in total. The maximum Gasteiger partial charge on any atom is 0.233 e. The summed E-state index contributed by atoms with van der Waals surface area (Å²) < 4.78 is 52.1. The van der Waals surface area contributed by atoms with Crippen molar-refractivity contribution >= 4 is 21.6 Å². The van der Waals surface area contributed by atoms with E-state index in [-0.39, 0.29) is 36.0 Å². The highest BCUT2D eigenvalue weighted by molar-refractivity contribution is 7.90. The second kappa shape index (κ2) is 7.98. The molecule has 28 heavy (non-hydrogen) atoms. The number of sulfone groups is 1. The first kappa shape index (κ1) is 20.4. The summed E-state index contributed by atoms with van der Waals surface area (Å²) in [7, 11) is -1.64. The number of aryl methyl sites for hydroxylation is 1. The van der Waals surface area contributed by atoms with Crippen LogP contribution in [0.1, 0.15) is 30.7 Å². The minimum atomic E-state index is -3.36. The smallest absolute Gasteiger partial charge is 0.233 e. The van der Waals surface area contributed by atoms with Gasteiger partial charge in [-0.1, -0.05) is 12.1 Å². The molecule has 0 spiro atoms. The molecule has 0 bridgehead atoms. The van der Waals surface area contributed by atoms with Crippen molar-refractivity contribution in [2.24, 2.45) is 13.0 Å². The Morgan fingerprint density at radius 1 is 1.21 bits per heavy atom. The van der Waals surface area contributed by atoms with Crippen molar-refractivity contribution in [3.05, 3.63) is 42.1 Å². The van der Waals surface area contributed by atoms with E-state index in [1.165, 1.54) is 12.1 Å². The lowest BCUT2D eigenvalue weighted by Gasteiger charge is -2.20. The van der Waals surface area contributed by atoms with Gasteiger partial charge in [-0.3, -0.25) is 9.48 Å². The third-order valence-electron chi connectivity index (χ3n) is 5.07. The molecule has 1 saturated carbocycles. The van der Waals surface area contributed by atoms with Gasteiger partial charge >= 0.3 is 0 Å². The fourth-order valence-corrected chi connectivity index (χ4v) is 4.22. The highest BCUT2D eigenvalue weighted by Crippen LogP contribution is 2.38. The molecule has 1 unspecified atom stereocenters. The van der Waals surface area contributed by atoms with Gasteiger partial charge in [-0.05, 0) is 42.9 Å². The molecule has 1 heterocycles. The molecule has 1 N–H and O–H groups in total. The quantitative estimate of drug-likeness (QED) is 0.792. The predicted molar refractivity (Wildman–Crippen MR) is 101 cm³/mol. The molecule has 1 aliphatic rings. The van der Waals surface area contributed by atoms with Gasteiger partial charge in [0.25, 0.3) is 0 Å². The lowest BCUT2D eigenvalue weighted by molar-refractivity contribution is -0.118. The molecular weight excluding hydrogens is 388 g/mol. The third-order valence-corrected chi connectivity index (χ3v) is 6.20. The van der Waals surface area contributed by atoms with Gasteiger partial charge in [0.15, 0.2) is 15.7 Å². The molecule has 3 rings (SSSR count). The molecule has 4 atom stereocenters.